The minimum atomic E-state index is -0.155. The Morgan fingerprint density at radius 1 is 1.25 bits per heavy atom. The topological polar surface area (TPSA) is 70.7 Å². The zero-order valence-corrected chi connectivity index (χ0v) is 11.2. The van der Waals surface area contributed by atoms with Crippen LogP contribution in [0.1, 0.15) is 16.1 Å². The van der Waals surface area contributed by atoms with Crippen LogP contribution in [0, 0.1) is 0 Å². The molecule has 0 bridgehead atoms. The molecule has 0 saturated heterocycles. The molecule has 0 aliphatic carbocycles. The van der Waals surface area contributed by atoms with E-state index in [0.29, 0.717) is 17.1 Å². The maximum absolute atomic E-state index is 11.9. The van der Waals surface area contributed by atoms with E-state index < -0.39 is 0 Å². The molecule has 6 heteroatoms. The van der Waals surface area contributed by atoms with Gasteiger partial charge in [0.2, 0.25) is 0 Å². The number of amides is 1. The molecule has 20 heavy (non-hydrogen) atoms. The van der Waals surface area contributed by atoms with E-state index >= 15 is 0 Å². The van der Waals surface area contributed by atoms with Crippen molar-refractivity contribution in [3.05, 3.63) is 59.0 Å². The number of rotatable bonds is 3. The predicted octanol–water partition coefficient (Wildman–Crippen LogP) is 2.54. The smallest absolute Gasteiger partial charge is 0.251 e. The number of aromatic nitrogens is 3. The van der Waals surface area contributed by atoms with Crippen molar-refractivity contribution in [2.45, 2.75) is 6.54 Å². The fraction of sp³-hybridized carbons (Fsp3) is 0.0714. The van der Waals surface area contributed by atoms with Crippen molar-refractivity contribution in [3.8, 4) is 0 Å². The molecule has 0 aliphatic rings. The first-order chi connectivity index (χ1) is 9.74. The number of H-pyrrole nitrogens is 1. The summed E-state index contributed by atoms with van der Waals surface area (Å²) in [7, 11) is 0. The Balaban J connectivity index is 1.77. The van der Waals surface area contributed by atoms with Gasteiger partial charge in [0.05, 0.1) is 17.8 Å². The third-order valence-corrected chi connectivity index (χ3v) is 3.20. The van der Waals surface area contributed by atoms with Crippen molar-refractivity contribution in [2.24, 2.45) is 0 Å². The number of pyridine rings is 1. The molecular weight excluding hydrogens is 276 g/mol. The van der Waals surface area contributed by atoms with Crippen LogP contribution in [0.4, 0.5) is 0 Å². The van der Waals surface area contributed by atoms with Crippen LogP contribution >= 0.6 is 11.6 Å². The van der Waals surface area contributed by atoms with Gasteiger partial charge in [-0.05, 0) is 30.3 Å². The quantitative estimate of drug-likeness (QED) is 0.777. The van der Waals surface area contributed by atoms with Gasteiger partial charge in [-0.25, -0.2) is 0 Å². The zero-order valence-electron chi connectivity index (χ0n) is 10.4. The molecule has 0 radical (unpaired) electrons. The number of halogens is 1. The largest absolute Gasteiger partial charge is 0.346 e. The first-order valence-corrected chi connectivity index (χ1v) is 6.42. The fourth-order valence-corrected chi connectivity index (χ4v) is 2.12. The minimum Gasteiger partial charge on any atom is -0.346 e. The van der Waals surface area contributed by atoms with Crippen LogP contribution < -0.4 is 5.32 Å². The molecule has 0 fully saturated rings. The summed E-state index contributed by atoms with van der Waals surface area (Å²) >= 11 is 5.97. The van der Waals surface area contributed by atoms with Crippen LogP contribution in [0.2, 0.25) is 5.02 Å². The minimum absolute atomic E-state index is 0.155. The number of fused-ring (bicyclic) bond motifs is 1. The van der Waals surface area contributed by atoms with Crippen molar-refractivity contribution in [2.75, 3.05) is 0 Å². The Morgan fingerprint density at radius 3 is 2.85 bits per heavy atom. The molecule has 0 unspecified atom stereocenters. The summed E-state index contributed by atoms with van der Waals surface area (Å²) in [6.07, 6.45) is 3.17. The third kappa shape index (κ3) is 2.48. The van der Waals surface area contributed by atoms with Crippen LogP contribution in [0.3, 0.4) is 0 Å². The van der Waals surface area contributed by atoms with Crippen LogP contribution in [0.5, 0.6) is 0 Å². The van der Waals surface area contributed by atoms with Gasteiger partial charge in [-0.15, -0.1) is 0 Å². The Morgan fingerprint density at radius 2 is 2.05 bits per heavy atom. The number of carbonyl (C=O) groups excluding carboxylic acids is 1. The summed E-state index contributed by atoms with van der Waals surface area (Å²) in [5, 5.41) is 11.5. The molecule has 5 nitrogen and oxygen atoms in total. The van der Waals surface area contributed by atoms with Gasteiger partial charge in [0, 0.05) is 28.4 Å². The highest BCUT2D eigenvalue weighted by Crippen LogP contribution is 2.20. The number of carbonyl (C=O) groups is 1. The van der Waals surface area contributed by atoms with Gasteiger partial charge in [0.15, 0.2) is 0 Å². The Labute approximate surface area is 120 Å². The average molecular weight is 287 g/mol. The normalized spacial score (nSPS) is 10.7. The number of aromatic amines is 1. The first kappa shape index (κ1) is 12.6. The molecule has 3 rings (SSSR count). The number of hydrogen-bond donors (Lipinski definition) is 2. The van der Waals surface area contributed by atoms with Gasteiger partial charge in [0.25, 0.3) is 5.91 Å². The molecular formula is C14H11ClN4O. The molecule has 1 amide bonds. The Hall–Kier alpha value is -2.40. The first-order valence-electron chi connectivity index (χ1n) is 6.05. The highest BCUT2D eigenvalue weighted by atomic mass is 35.5. The summed E-state index contributed by atoms with van der Waals surface area (Å²) < 4.78 is 0. The van der Waals surface area contributed by atoms with E-state index in [9.17, 15) is 4.79 Å². The fourth-order valence-electron chi connectivity index (χ4n) is 1.94. The van der Waals surface area contributed by atoms with Crippen LogP contribution in [0.25, 0.3) is 10.9 Å². The van der Waals surface area contributed by atoms with Crippen LogP contribution in [-0.4, -0.2) is 21.1 Å². The van der Waals surface area contributed by atoms with Gasteiger partial charge >= 0.3 is 0 Å². The van der Waals surface area contributed by atoms with E-state index in [1.165, 1.54) is 0 Å². The Kier molecular flexibility index (Phi) is 3.35. The standard InChI is InChI=1S/C14H11ClN4O/c15-10-1-2-12-11(7-10)13(19-18-12)8-17-14(20)9-3-5-16-6-4-9/h1-7H,8H2,(H,17,20)(H,18,19). The maximum atomic E-state index is 11.9. The summed E-state index contributed by atoms with van der Waals surface area (Å²) in [5.41, 5.74) is 2.22. The van der Waals surface area contributed by atoms with E-state index in [4.69, 9.17) is 11.6 Å². The van der Waals surface area contributed by atoms with E-state index in [0.717, 1.165) is 16.6 Å². The van der Waals surface area contributed by atoms with E-state index in [1.807, 2.05) is 12.1 Å². The van der Waals surface area contributed by atoms with Crippen LogP contribution in [-0.2, 0) is 6.54 Å². The van der Waals surface area contributed by atoms with Gasteiger partial charge in [-0.3, -0.25) is 14.9 Å². The summed E-state index contributed by atoms with van der Waals surface area (Å²) in [6.45, 7) is 0.359. The molecule has 0 saturated carbocycles. The molecule has 3 aromatic rings. The number of nitrogens with zero attached hydrogens (tertiary/aromatic N) is 2. The second-order valence-corrected chi connectivity index (χ2v) is 4.72. The second kappa shape index (κ2) is 5.30. The Bertz CT molecular complexity index is 754. The molecule has 100 valence electrons. The van der Waals surface area contributed by atoms with Gasteiger partial charge < -0.3 is 5.32 Å². The molecule has 2 aromatic heterocycles. The van der Waals surface area contributed by atoms with Gasteiger partial charge in [-0.1, -0.05) is 11.6 Å². The van der Waals surface area contributed by atoms with Crippen molar-refractivity contribution in [1.82, 2.24) is 20.5 Å². The summed E-state index contributed by atoms with van der Waals surface area (Å²) in [6, 6.07) is 8.77. The predicted molar refractivity (Wildman–Crippen MR) is 76.5 cm³/mol. The van der Waals surface area contributed by atoms with Gasteiger partial charge in [-0.2, -0.15) is 5.10 Å². The molecule has 2 heterocycles. The van der Waals surface area contributed by atoms with Crippen molar-refractivity contribution < 1.29 is 4.79 Å². The lowest BCUT2D eigenvalue weighted by atomic mass is 10.2. The lowest BCUT2D eigenvalue weighted by molar-refractivity contribution is 0.0950. The third-order valence-electron chi connectivity index (χ3n) is 2.96. The monoisotopic (exact) mass is 286 g/mol. The molecule has 0 spiro atoms. The lowest BCUT2D eigenvalue weighted by Crippen LogP contribution is -2.23. The van der Waals surface area contributed by atoms with E-state index in [1.54, 1.807) is 30.6 Å². The zero-order chi connectivity index (χ0) is 13.9. The molecule has 2 N–H and O–H groups in total. The van der Waals surface area contributed by atoms with Crippen molar-refractivity contribution in [1.29, 1.82) is 0 Å². The highest BCUT2D eigenvalue weighted by Gasteiger charge is 2.08. The highest BCUT2D eigenvalue weighted by molar-refractivity contribution is 6.31. The maximum Gasteiger partial charge on any atom is 0.251 e. The van der Waals surface area contributed by atoms with E-state index in [-0.39, 0.29) is 5.91 Å². The van der Waals surface area contributed by atoms with E-state index in [2.05, 4.69) is 20.5 Å². The summed E-state index contributed by atoms with van der Waals surface area (Å²) in [5.74, 6) is -0.155. The molecule has 1 aromatic carbocycles. The molecule has 0 aliphatic heterocycles. The number of hydrogen-bond acceptors (Lipinski definition) is 3. The molecule has 0 atom stereocenters. The summed E-state index contributed by atoms with van der Waals surface area (Å²) in [4.78, 5) is 15.8. The van der Waals surface area contributed by atoms with Crippen LogP contribution in [0.15, 0.2) is 42.7 Å². The number of nitrogens with one attached hydrogen (secondary N) is 2. The van der Waals surface area contributed by atoms with Crippen molar-refractivity contribution in [3.63, 3.8) is 0 Å². The average Bonchev–Trinajstić information content (AvgIpc) is 2.88. The SMILES string of the molecule is O=C(NCc1[nH]nc2ccc(Cl)cc12)c1ccncc1. The number of benzene rings is 1. The van der Waals surface area contributed by atoms with Crippen molar-refractivity contribution >= 4 is 28.4 Å². The lowest BCUT2D eigenvalue weighted by Gasteiger charge is -2.03. The van der Waals surface area contributed by atoms with Gasteiger partial charge in [0.1, 0.15) is 0 Å². The second-order valence-electron chi connectivity index (χ2n) is 4.28.